The van der Waals surface area contributed by atoms with E-state index in [9.17, 15) is 4.79 Å². The number of hydrogen-bond donors (Lipinski definition) is 3. The summed E-state index contributed by atoms with van der Waals surface area (Å²) in [6.07, 6.45) is 0. The molecule has 2 aromatic carbocycles. The number of H-pyrrole nitrogens is 1. The molecule has 108 valence electrons. The van der Waals surface area contributed by atoms with Gasteiger partial charge in [-0.1, -0.05) is 12.1 Å². The van der Waals surface area contributed by atoms with Crippen molar-refractivity contribution in [2.24, 2.45) is 0 Å². The van der Waals surface area contributed by atoms with E-state index in [1.807, 2.05) is 19.1 Å². The molecule has 0 fully saturated rings. The van der Waals surface area contributed by atoms with Gasteiger partial charge in [-0.25, -0.2) is 14.6 Å². The number of fused-ring (bicyclic) bond motifs is 1. The first-order valence-electron chi connectivity index (χ1n) is 6.66. The van der Waals surface area contributed by atoms with Crippen molar-refractivity contribution in [3.8, 4) is 0 Å². The van der Waals surface area contributed by atoms with Crippen LogP contribution < -0.4 is 10.6 Å². The fourth-order valence-corrected chi connectivity index (χ4v) is 2.13. The van der Waals surface area contributed by atoms with Crippen LogP contribution in [0.15, 0.2) is 42.5 Å². The van der Waals surface area contributed by atoms with E-state index in [0.29, 0.717) is 17.1 Å². The molecule has 6 heteroatoms. The van der Waals surface area contributed by atoms with Gasteiger partial charge in [0.25, 0.3) is 0 Å². The Morgan fingerprint density at radius 1 is 1.14 bits per heavy atom. The Kier molecular flexibility index (Phi) is 3.46. The van der Waals surface area contributed by atoms with Gasteiger partial charge in [0.1, 0.15) is 5.82 Å². The first-order valence-corrected chi connectivity index (χ1v) is 6.66. The Balaban J connectivity index is 1.70. The maximum absolute atomic E-state index is 12.0. The molecule has 0 saturated carbocycles. The molecular formula is C16H13N5O. The number of nitrogens with one attached hydrogen (secondary N) is 3. The zero-order valence-electron chi connectivity index (χ0n) is 11.8. The standard InChI is InChI=1S/C16H13N5O/c1-10-18-14-8-7-13(9-15(14)19-10)21-16(22)20-12-5-3-11(17-2)4-6-12/h3-9H,1H3,(H,18,19)(H2,20,21,22). The molecule has 0 aliphatic rings. The van der Waals surface area contributed by atoms with Crippen LogP contribution in [0.25, 0.3) is 15.9 Å². The largest absolute Gasteiger partial charge is 0.342 e. The van der Waals surface area contributed by atoms with Crippen LogP contribution in [-0.4, -0.2) is 16.0 Å². The molecule has 0 aliphatic carbocycles. The topological polar surface area (TPSA) is 74.2 Å². The molecule has 1 heterocycles. The number of hydrogen-bond acceptors (Lipinski definition) is 2. The van der Waals surface area contributed by atoms with Gasteiger partial charge in [-0.2, -0.15) is 0 Å². The highest BCUT2D eigenvalue weighted by Gasteiger charge is 2.05. The van der Waals surface area contributed by atoms with E-state index in [-0.39, 0.29) is 6.03 Å². The normalized spacial score (nSPS) is 10.2. The number of imidazole rings is 1. The summed E-state index contributed by atoms with van der Waals surface area (Å²) in [4.78, 5) is 22.7. The van der Waals surface area contributed by atoms with E-state index in [1.54, 1.807) is 30.3 Å². The first kappa shape index (κ1) is 13.6. The van der Waals surface area contributed by atoms with Gasteiger partial charge < -0.3 is 15.6 Å². The highest BCUT2D eigenvalue weighted by atomic mass is 16.2. The predicted molar refractivity (Wildman–Crippen MR) is 86.2 cm³/mol. The fraction of sp³-hybridized carbons (Fsp3) is 0.0625. The van der Waals surface area contributed by atoms with Crippen molar-refractivity contribution in [1.29, 1.82) is 0 Å². The Morgan fingerprint density at radius 3 is 2.55 bits per heavy atom. The zero-order valence-corrected chi connectivity index (χ0v) is 11.8. The highest BCUT2D eigenvalue weighted by molar-refractivity contribution is 6.00. The lowest BCUT2D eigenvalue weighted by Gasteiger charge is -2.07. The van der Waals surface area contributed by atoms with Crippen molar-refractivity contribution in [1.82, 2.24) is 9.97 Å². The molecular weight excluding hydrogens is 278 g/mol. The van der Waals surface area contributed by atoms with Gasteiger partial charge in [-0.3, -0.25) is 0 Å². The lowest BCUT2D eigenvalue weighted by Crippen LogP contribution is -2.19. The highest BCUT2D eigenvalue weighted by Crippen LogP contribution is 2.18. The number of benzene rings is 2. The van der Waals surface area contributed by atoms with Crippen LogP contribution in [0.5, 0.6) is 0 Å². The summed E-state index contributed by atoms with van der Waals surface area (Å²) in [7, 11) is 0. The summed E-state index contributed by atoms with van der Waals surface area (Å²) in [5.74, 6) is 0.830. The number of aryl methyl sites for hydroxylation is 1. The number of anilines is 2. The third-order valence-electron chi connectivity index (χ3n) is 3.11. The molecule has 3 N–H and O–H groups in total. The third kappa shape index (κ3) is 2.88. The first-order chi connectivity index (χ1) is 10.6. The lowest BCUT2D eigenvalue weighted by atomic mass is 10.2. The molecule has 0 unspecified atom stereocenters. The number of nitrogens with zero attached hydrogens (tertiary/aromatic N) is 2. The van der Waals surface area contributed by atoms with E-state index >= 15 is 0 Å². The summed E-state index contributed by atoms with van der Waals surface area (Å²) in [5.41, 5.74) is 3.57. The third-order valence-corrected chi connectivity index (χ3v) is 3.11. The molecule has 0 bridgehead atoms. The minimum atomic E-state index is -0.342. The molecule has 2 amide bonds. The number of amides is 2. The van der Waals surface area contributed by atoms with Crippen LogP contribution in [0, 0.1) is 13.5 Å². The summed E-state index contributed by atoms with van der Waals surface area (Å²) in [5, 5.41) is 5.48. The maximum atomic E-state index is 12.0. The van der Waals surface area contributed by atoms with Gasteiger partial charge in [0, 0.05) is 11.4 Å². The van der Waals surface area contributed by atoms with Gasteiger partial charge in [-0.15, -0.1) is 0 Å². The smallest absolute Gasteiger partial charge is 0.323 e. The van der Waals surface area contributed by atoms with Gasteiger partial charge in [0.15, 0.2) is 5.69 Å². The number of rotatable bonds is 2. The lowest BCUT2D eigenvalue weighted by molar-refractivity contribution is 0.262. The van der Waals surface area contributed by atoms with Crippen molar-refractivity contribution >= 4 is 34.1 Å². The molecule has 3 rings (SSSR count). The maximum Gasteiger partial charge on any atom is 0.323 e. The van der Waals surface area contributed by atoms with E-state index < -0.39 is 0 Å². The van der Waals surface area contributed by atoms with Gasteiger partial charge in [0.2, 0.25) is 0 Å². The quantitative estimate of drug-likeness (QED) is 0.623. The van der Waals surface area contributed by atoms with Gasteiger partial charge in [0.05, 0.1) is 17.6 Å². The molecule has 1 aromatic heterocycles. The number of carbonyl (C=O) groups is 1. The van der Waals surface area contributed by atoms with Crippen LogP contribution >= 0.6 is 0 Å². The second kappa shape index (κ2) is 5.58. The number of carbonyl (C=O) groups excluding carboxylic acids is 1. The summed E-state index contributed by atoms with van der Waals surface area (Å²) < 4.78 is 0. The second-order valence-electron chi connectivity index (χ2n) is 4.79. The minimum absolute atomic E-state index is 0.342. The average Bonchev–Trinajstić information content (AvgIpc) is 2.87. The Hall–Kier alpha value is -3.33. The van der Waals surface area contributed by atoms with Crippen molar-refractivity contribution in [3.63, 3.8) is 0 Å². The predicted octanol–water partition coefficient (Wildman–Crippen LogP) is 4.07. The monoisotopic (exact) mass is 291 g/mol. The summed E-state index contributed by atoms with van der Waals surface area (Å²) in [6, 6.07) is 11.8. The van der Waals surface area contributed by atoms with Crippen LogP contribution in [0.2, 0.25) is 0 Å². The molecule has 0 spiro atoms. The van der Waals surface area contributed by atoms with E-state index in [2.05, 4.69) is 25.4 Å². The minimum Gasteiger partial charge on any atom is -0.342 e. The Morgan fingerprint density at radius 2 is 1.82 bits per heavy atom. The number of urea groups is 1. The summed E-state index contributed by atoms with van der Waals surface area (Å²) in [6.45, 7) is 8.77. The Labute approximate surface area is 127 Å². The van der Waals surface area contributed by atoms with E-state index in [0.717, 1.165) is 16.9 Å². The molecule has 6 nitrogen and oxygen atoms in total. The summed E-state index contributed by atoms with van der Waals surface area (Å²) >= 11 is 0. The van der Waals surface area contributed by atoms with Crippen LogP contribution in [0.3, 0.4) is 0 Å². The molecule has 22 heavy (non-hydrogen) atoms. The van der Waals surface area contributed by atoms with Crippen LogP contribution in [0.1, 0.15) is 5.82 Å². The van der Waals surface area contributed by atoms with Crippen molar-refractivity contribution in [2.75, 3.05) is 10.6 Å². The molecule has 0 radical (unpaired) electrons. The SMILES string of the molecule is [C-]#[N+]c1ccc(NC(=O)Nc2ccc3nc(C)[nH]c3c2)cc1. The van der Waals surface area contributed by atoms with Crippen molar-refractivity contribution in [3.05, 3.63) is 59.7 Å². The average molecular weight is 291 g/mol. The number of aromatic nitrogens is 2. The van der Waals surface area contributed by atoms with E-state index in [4.69, 9.17) is 6.57 Å². The molecule has 0 aliphatic heterocycles. The van der Waals surface area contributed by atoms with E-state index in [1.165, 1.54) is 0 Å². The Bertz CT molecular complexity index is 874. The van der Waals surface area contributed by atoms with Crippen molar-refractivity contribution in [2.45, 2.75) is 6.92 Å². The fourth-order valence-electron chi connectivity index (χ4n) is 2.13. The van der Waals surface area contributed by atoms with Crippen LogP contribution in [-0.2, 0) is 0 Å². The number of aromatic amines is 1. The molecule has 0 atom stereocenters. The molecule has 3 aromatic rings. The second-order valence-corrected chi connectivity index (χ2v) is 4.79. The van der Waals surface area contributed by atoms with Crippen LogP contribution in [0.4, 0.5) is 21.9 Å². The van der Waals surface area contributed by atoms with Crippen molar-refractivity contribution < 1.29 is 4.79 Å². The van der Waals surface area contributed by atoms with Gasteiger partial charge >= 0.3 is 6.03 Å². The molecule has 0 saturated heterocycles. The van der Waals surface area contributed by atoms with Gasteiger partial charge in [-0.05, 0) is 37.3 Å². The zero-order chi connectivity index (χ0) is 15.5.